The van der Waals surface area contributed by atoms with E-state index in [0.717, 1.165) is 16.7 Å². The maximum atomic E-state index is 13.5. The SMILES string of the molecule is O=c1[nH]c2cc(C(F)(F)F)c(N3CCOCC3)cc2n(C[PH](=O)O)c1=O. The van der Waals surface area contributed by atoms with Gasteiger partial charge in [-0.1, -0.05) is 0 Å². The summed E-state index contributed by atoms with van der Waals surface area (Å²) in [5.41, 5.74) is -3.68. The second-order valence-corrected chi connectivity index (χ2v) is 6.83. The average Bonchev–Trinajstić information content (AvgIpc) is 2.57. The maximum Gasteiger partial charge on any atom is 0.418 e. The molecule has 142 valence electrons. The minimum Gasteiger partial charge on any atom is -0.378 e. The van der Waals surface area contributed by atoms with Gasteiger partial charge in [-0.05, 0) is 12.1 Å². The number of H-pyrrole nitrogens is 1. The lowest BCUT2D eigenvalue weighted by atomic mass is 10.1. The number of alkyl halides is 3. The molecule has 2 N–H and O–H groups in total. The van der Waals surface area contributed by atoms with Crippen LogP contribution in [0.5, 0.6) is 0 Å². The van der Waals surface area contributed by atoms with Crippen LogP contribution in [0.2, 0.25) is 0 Å². The number of anilines is 1. The molecule has 2 heterocycles. The van der Waals surface area contributed by atoms with Crippen LogP contribution in [0.3, 0.4) is 0 Å². The van der Waals surface area contributed by atoms with Crippen molar-refractivity contribution in [1.29, 1.82) is 0 Å². The zero-order chi connectivity index (χ0) is 19.1. The van der Waals surface area contributed by atoms with Gasteiger partial charge in [0.05, 0.1) is 35.5 Å². The van der Waals surface area contributed by atoms with Crippen LogP contribution >= 0.6 is 8.03 Å². The van der Waals surface area contributed by atoms with E-state index in [9.17, 15) is 27.3 Å². The first-order chi connectivity index (χ1) is 12.2. The van der Waals surface area contributed by atoms with Crippen molar-refractivity contribution in [3.8, 4) is 0 Å². The molecule has 0 amide bonds. The van der Waals surface area contributed by atoms with Gasteiger partial charge in [-0.25, -0.2) is 0 Å². The molecule has 12 heteroatoms. The molecule has 0 aliphatic carbocycles. The first-order valence-electron chi connectivity index (χ1n) is 7.61. The number of rotatable bonds is 3. The Bertz CT molecular complexity index is 979. The standard InChI is InChI=1S/C14H15F3N3O5P/c15-14(16,17)8-5-9-11(6-10(8)19-1-3-25-4-2-19)20(7-26(23)24)13(22)12(21)18-9/h5-6,26H,1-4,7H2,(H,18,21)(H,23,24). The number of hydrogen-bond donors (Lipinski definition) is 2. The van der Waals surface area contributed by atoms with E-state index in [4.69, 9.17) is 9.63 Å². The van der Waals surface area contributed by atoms with Gasteiger partial charge in [-0.2, -0.15) is 13.2 Å². The Morgan fingerprint density at radius 3 is 2.46 bits per heavy atom. The zero-order valence-electron chi connectivity index (χ0n) is 13.3. The van der Waals surface area contributed by atoms with Crippen LogP contribution in [-0.2, 0) is 21.8 Å². The third kappa shape index (κ3) is 3.55. The summed E-state index contributed by atoms with van der Waals surface area (Å²) in [4.78, 5) is 36.5. The molecule has 1 saturated heterocycles. The highest BCUT2D eigenvalue weighted by molar-refractivity contribution is 7.36. The highest BCUT2D eigenvalue weighted by Gasteiger charge is 2.36. The van der Waals surface area contributed by atoms with E-state index in [2.05, 4.69) is 4.98 Å². The van der Waals surface area contributed by atoms with Gasteiger partial charge < -0.3 is 19.5 Å². The molecule has 1 aromatic heterocycles. The Morgan fingerprint density at radius 2 is 1.88 bits per heavy atom. The first kappa shape index (κ1) is 18.7. The molecule has 8 nitrogen and oxygen atoms in total. The van der Waals surface area contributed by atoms with Crippen molar-refractivity contribution in [1.82, 2.24) is 9.55 Å². The van der Waals surface area contributed by atoms with E-state index < -0.39 is 37.2 Å². The largest absolute Gasteiger partial charge is 0.418 e. The zero-order valence-corrected chi connectivity index (χ0v) is 14.3. The predicted octanol–water partition coefficient (Wildman–Crippen LogP) is 0.970. The summed E-state index contributed by atoms with van der Waals surface area (Å²) in [7, 11) is -3.19. The van der Waals surface area contributed by atoms with E-state index in [1.54, 1.807) is 0 Å². The quantitative estimate of drug-likeness (QED) is 0.595. The molecule has 26 heavy (non-hydrogen) atoms. The van der Waals surface area contributed by atoms with Gasteiger partial charge in [-0.15, -0.1) is 0 Å². The highest BCUT2D eigenvalue weighted by atomic mass is 31.1. The molecule has 1 unspecified atom stereocenters. The number of nitrogens with one attached hydrogen (secondary N) is 1. The molecular weight excluding hydrogens is 378 g/mol. The summed E-state index contributed by atoms with van der Waals surface area (Å²) in [6.45, 7) is 0.938. The van der Waals surface area contributed by atoms with Crippen LogP contribution in [0.15, 0.2) is 21.7 Å². The van der Waals surface area contributed by atoms with Crippen molar-refractivity contribution >= 4 is 24.7 Å². The normalized spacial score (nSPS) is 16.8. The molecule has 1 aliphatic rings. The average molecular weight is 393 g/mol. The second kappa shape index (κ2) is 6.90. The van der Waals surface area contributed by atoms with Gasteiger partial charge in [0.1, 0.15) is 6.29 Å². The van der Waals surface area contributed by atoms with Crippen LogP contribution in [0, 0.1) is 0 Å². The minimum atomic E-state index is -4.69. The van der Waals surface area contributed by atoms with Crippen LogP contribution in [0.4, 0.5) is 18.9 Å². The molecule has 1 fully saturated rings. The smallest absolute Gasteiger partial charge is 0.378 e. The number of aromatic amines is 1. The van der Waals surface area contributed by atoms with Crippen LogP contribution in [0.1, 0.15) is 5.56 Å². The van der Waals surface area contributed by atoms with E-state index in [0.29, 0.717) is 0 Å². The Labute approximate surface area is 144 Å². The third-order valence-corrected chi connectivity index (χ3v) is 4.63. The van der Waals surface area contributed by atoms with Crippen molar-refractivity contribution < 1.29 is 27.4 Å². The summed E-state index contributed by atoms with van der Waals surface area (Å²) in [6.07, 6.45) is -5.35. The Morgan fingerprint density at radius 1 is 1.23 bits per heavy atom. The Kier molecular flexibility index (Phi) is 4.96. The van der Waals surface area contributed by atoms with Gasteiger partial charge in [0, 0.05) is 13.1 Å². The van der Waals surface area contributed by atoms with Crippen LogP contribution in [-0.4, -0.2) is 40.7 Å². The lowest BCUT2D eigenvalue weighted by Crippen LogP contribution is -2.38. The molecule has 2 aromatic rings. The molecule has 0 bridgehead atoms. The van der Waals surface area contributed by atoms with E-state index in [1.165, 1.54) is 4.90 Å². The number of aromatic nitrogens is 2. The number of benzene rings is 1. The number of fused-ring (bicyclic) bond motifs is 1. The molecule has 0 spiro atoms. The molecule has 0 radical (unpaired) electrons. The fraction of sp³-hybridized carbons (Fsp3) is 0.429. The molecule has 0 saturated carbocycles. The molecule has 3 rings (SSSR count). The van der Waals surface area contributed by atoms with Crippen molar-refractivity contribution in [2.24, 2.45) is 0 Å². The fourth-order valence-electron chi connectivity index (χ4n) is 2.89. The minimum absolute atomic E-state index is 0.0449. The lowest BCUT2D eigenvalue weighted by Gasteiger charge is -2.31. The molecule has 1 aliphatic heterocycles. The summed E-state index contributed by atoms with van der Waals surface area (Å²) in [5.74, 6) is 0. The molecule has 1 atom stereocenters. The van der Waals surface area contributed by atoms with E-state index >= 15 is 0 Å². The van der Waals surface area contributed by atoms with E-state index in [-0.39, 0.29) is 43.0 Å². The van der Waals surface area contributed by atoms with Crippen molar-refractivity contribution in [2.75, 3.05) is 31.2 Å². The lowest BCUT2D eigenvalue weighted by molar-refractivity contribution is -0.137. The van der Waals surface area contributed by atoms with Crippen LogP contribution in [0.25, 0.3) is 11.0 Å². The van der Waals surface area contributed by atoms with Gasteiger partial charge in [-0.3, -0.25) is 18.7 Å². The van der Waals surface area contributed by atoms with Gasteiger partial charge in [0.15, 0.2) is 0 Å². The van der Waals surface area contributed by atoms with Gasteiger partial charge >= 0.3 is 17.3 Å². The number of ether oxygens (including phenoxy) is 1. The highest BCUT2D eigenvalue weighted by Crippen LogP contribution is 2.39. The van der Waals surface area contributed by atoms with Crippen molar-refractivity contribution in [3.05, 3.63) is 38.4 Å². The van der Waals surface area contributed by atoms with Gasteiger partial charge in [0.25, 0.3) is 0 Å². The molecular formula is C14H15F3N3O5P. The fourth-order valence-corrected chi connectivity index (χ4v) is 3.48. The van der Waals surface area contributed by atoms with Gasteiger partial charge in [0.2, 0.25) is 8.03 Å². The van der Waals surface area contributed by atoms with Crippen molar-refractivity contribution in [3.63, 3.8) is 0 Å². The number of nitrogens with zero attached hydrogens (tertiary/aromatic N) is 2. The second-order valence-electron chi connectivity index (χ2n) is 5.72. The third-order valence-electron chi connectivity index (χ3n) is 4.04. The number of halogens is 3. The topological polar surface area (TPSA) is 105 Å². The summed E-state index contributed by atoms with van der Waals surface area (Å²) in [6, 6.07) is 1.86. The number of morpholine rings is 1. The first-order valence-corrected chi connectivity index (χ1v) is 9.17. The Balaban J connectivity index is 2.33. The van der Waals surface area contributed by atoms with Crippen molar-refractivity contribution in [2.45, 2.75) is 12.5 Å². The monoisotopic (exact) mass is 393 g/mol. The summed E-state index contributed by atoms with van der Waals surface area (Å²) in [5, 5.41) is 0. The van der Waals surface area contributed by atoms with Crippen LogP contribution < -0.4 is 16.0 Å². The summed E-state index contributed by atoms with van der Waals surface area (Å²) < 4.78 is 57.6. The number of hydrogen-bond acceptors (Lipinski definition) is 5. The molecule has 1 aromatic carbocycles. The van der Waals surface area contributed by atoms with E-state index in [1.807, 2.05) is 0 Å². The maximum absolute atomic E-state index is 13.5. The Hall–Kier alpha value is -2.10. The predicted molar refractivity (Wildman–Crippen MR) is 88.1 cm³/mol. The summed E-state index contributed by atoms with van der Waals surface area (Å²) >= 11 is 0.